The van der Waals surface area contributed by atoms with Gasteiger partial charge in [-0.1, -0.05) is 6.92 Å². The predicted molar refractivity (Wildman–Crippen MR) is 109 cm³/mol. The highest BCUT2D eigenvalue weighted by atomic mass is 16.7. The first-order valence-corrected chi connectivity index (χ1v) is 11.4. The van der Waals surface area contributed by atoms with E-state index in [-0.39, 0.29) is 6.61 Å². The molecule has 0 aromatic carbocycles. The van der Waals surface area contributed by atoms with Crippen LogP contribution in [-0.4, -0.2) is 157 Å². The average molecular weight is 516 g/mol. The molecule has 15 heteroatoms. The smallest absolute Gasteiger partial charge is 0.186 e. The summed E-state index contributed by atoms with van der Waals surface area (Å²) in [4.78, 5) is 0. The molecular weight excluding hydrogens is 480 g/mol. The Morgan fingerprint density at radius 2 is 1.03 bits per heavy atom. The third kappa shape index (κ3) is 6.11. The second-order valence-electron chi connectivity index (χ2n) is 9.00. The lowest BCUT2D eigenvalue weighted by Crippen LogP contribution is -2.62. The highest BCUT2D eigenvalue weighted by molar-refractivity contribution is 4.92. The van der Waals surface area contributed by atoms with E-state index in [1.807, 2.05) is 0 Å². The lowest BCUT2D eigenvalue weighted by atomic mass is 9.87. The van der Waals surface area contributed by atoms with E-state index in [2.05, 4.69) is 0 Å². The second-order valence-corrected chi connectivity index (χ2v) is 9.00. The van der Waals surface area contributed by atoms with Gasteiger partial charge < -0.3 is 74.7 Å². The SMILES string of the molecule is CC[C@H]1C(CO[C@@H]2OC(CO[C@@H]3OC(CO)[C@H](O)C(O)C3O)[C@H](O)C(O)C2O)O[C@@H](O)C(O)C1O. The van der Waals surface area contributed by atoms with Crippen molar-refractivity contribution in [2.24, 2.45) is 5.92 Å². The summed E-state index contributed by atoms with van der Waals surface area (Å²) in [7, 11) is 0. The van der Waals surface area contributed by atoms with Crippen LogP contribution in [0.2, 0.25) is 0 Å². The molecule has 15 atom stereocenters. The summed E-state index contributed by atoms with van der Waals surface area (Å²) in [5.41, 5.74) is 0. The van der Waals surface area contributed by atoms with Crippen molar-refractivity contribution in [3.63, 3.8) is 0 Å². The number of aliphatic hydroxyl groups excluding tert-OH is 10. The van der Waals surface area contributed by atoms with Gasteiger partial charge in [0.25, 0.3) is 0 Å². The Morgan fingerprint density at radius 1 is 0.543 bits per heavy atom. The van der Waals surface area contributed by atoms with Gasteiger partial charge in [-0.05, 0) is 6.42 Å². The Kier molecular flexibility index (Phi) is 10.2. The fourth-order valence-electron chi connectivity index (χ4n) is 4.45. The minimum Gasteiger partial charge on any atom is -0.394 e. The molecule has 0 saturated carbocycles. The average Bonchev–Trinajstić information content (AvgIpc) is 2.84. The maximum absolute atomic E-state index is 10.3. The summed E-state index contributed by atoms with van der Waals surface area (Å²) in [5, 5.41) is 99.6. The normalized spacial score (nSPS) is 51.3. The van der Waals surface area contributed by atoms with E-state index in [4.69, 9.17) is 23.7 Å². The standard InChI is InChI=1S/C20H36O15/c1-2-6-8(33-18(30)15(27)10(6)22)4-31-20-17(29)14(26)12(24)9(35-20)5-32-19-16(28)13(25)11(23)7(3-21)34-19/h6-30H,2-5H2,1H3/t6-,7?,8?,9?,10?,11-,12-,13?,14?,15?,16?,17?,18+,19+,20+/m0/s1. The van der Waals surface area contributed by atoms with Crippen LogP contribution in [0.5, 0.6) is 0 Å². The van der Waals surface area contributed by atoms with Crippen molar-refractivity contribution >= 4 is 0 Å². The van der Waals surface area contributed by atoms with Crippen LogP contribution in [0.25, 0.3) is 0 Å². The molecule has 3 fully saturated rings. The van der Waals surface area contributed by atoms with Gasteiger partial charge >= 0.3 is 0 Å². The van der Waals surface area contributed by atoms with Crippen LogP contribution in [-0.2, 0) is 23.7 Å². The number of hydrogen-bond acceptors (Lipinski definition) is 15. The molecule has 3 aliphatic rings. The second kappa shape index (κ2) is 12.3. The third-order valence-corrected chi connectivity index (χ3v) is 6.71. The molecule has 0 aliphatic carbocycles. The van der Waals surface area contributed by atoms with E-state index < -0.39 is 105 Å². The Balaban J connectivity index is 1.60. The quantitative estimate of drug-likeness (QED) is 0.144. The van der Waals surface area contributed by atoms with Crippen molar-refractivity contribution in [1.29, 1.82) is 0 Å². The Hall–Kier alpha value is -0.600. The van der Waals surface area contributed by atoms with Gasteiger partial charge in [-0.25, -0.2) is 0 Å². The molecule has 206 valence electrons. The Labute approximate surface area is 200 Å². The van der Waals surface area contributed by atoms with Crippen molar-refractivity contribution < 1.29 is 74.7 Å². The molecule has 3 rings (SSSR count). The molecule has 15 nitrogen and oxygen atoms in total. The maximum Gasteiger partial charge on any atom is 0.186 e. The largest absolute Gasteiger partial charge is 0.394 e. The van der Waals surface area contributed by atoms with Crippen LogP contribution in [0.4, 0.5) is 0 Å². The molecule has 0 aromatic rings. The van der Waals surface area contributed by atoms with Crippen molar-refractivity contribution in [1.82, 2.24) is 0 Å². The van der Waals surface area contributed by atoms with Gasteiger partial charge in [0, 0.05) is 5.92 Å². The van der Waals surface area contributed by atoms with Crippen molar-refractivity contribution in [2.75, 3.05) is 19.8 Å². The topological polar surface area (TPSA) is 248 Å². The molecule has 0 amide bonds. The van der Waals surface area contributed by atoms with Gasteiger partial charge in [0.15, 0.2) is 18.9 Å². The highest BCUT2D eigenvalue weighted by Gasteiger charge is 2.48. The van der Waals surface area contributed by atoms with Gasteiger partial charge in [0.1, 0.15) is 54.9 Å². The van der Waals surface area contributed by atoms with Crippen LogP contribution in [0.3, 0.4) is 0 Å². The number of aliphatic hydroxyl groups is 10. The predicted octanol–water partition coefficient (Wildman–Crippen LogP) is -5.91. The minimum absolute atomic E-state index is 0.315. The van der Waals surface area contributed by atoms with Gasteiger partial charge in [0.2, 0.25) is 0 Å². The van der Waals surface area contributed by atoms with Crippen LogP contribution >= 0.6 is 0 Å². The number of rotatable bonds is 8. The summed E-state index contributed by atoms with van der Waals surface area (Å²) in [6.07, 6.45) is -20.6. The fraction of sp³-hybridized carbons (Fsp3) is 1.00. The summed E-state index contributed by atoms with van der Waals surface area (Å²) >= 11 is 0. The molecular formula is C20H36O15. The molecule has 3 saturated heterocycles. The number of ether oxygens (including phenoxy) is 5. The third-order valence-electron chi connectivity index (χ3n) is 6.71. The van der Waals surface area contributed by atoms with E-state index >= 15 is 0 Å². The molecule has 9 unspecified atom stereocenters. The van der Waals surface area contributed by atoms with Crippen LogP contribution in [0.15, 0.2) is 0 Å². The minimum atomic E-state index is -1.73. The first-order valence-electron chi connectivity index (χ1n) is 11.4. The molecule has 0 radical (unpaired) electrons. The number of hydrogen-bond donors (Lipinski definition) is 10. The first-order chi connectivity index (χ1) is 16.5. The van der Waals surface area contributed by atoms with Crippen LogP contribution in [0.1, 0.15) is 13.3 Å². The van der Waals surface area contributed by atoms with E-state index in [0.717, 1.165) is 0 Å². The summed E-state index contributed by atoms with van der Waals surface area (Å²) in [5.74, 6) is -0.616. The molecule has 10 N–H and O–H groups in total. The Bertz CT molecular complexity index is 654. The monoisotopic (exact) mass is 516 g/mol. The Morgan fingerprint density at radius 3 is 1.54 bits per heavy atom. The van der Waals surface area contributed by atoms with Crippen LogP contribution in [0, 0.1) is 5.92 Å². The zero-order chi connectivity index (χ0) is 26.0. The van der Waals surface area contributed by atoms with E-state index in [1.165, 1.54) is 0 Å². The van der Waals surface area contributed by atoms with Gasteiger partial charge in [0.05, 0.1) is 32.0 Å². The summed E-state index contributed by atoms with van der Waals surface area (Å²) in [6, 6.07) is 0. The zero-order valence-electron chi connectivity index (χ0n) is 19.0. The molecule has 0 spiro atoms. The lowest BCUT2D eigenvalue weighted by Gasteiger charge is -2.44. The maximum atomic E-state index is 10.3. The van der Waals surface area contributed by atoms with Crippen molar-refractivity contribution in [3.8, 4) is 0 Å². The van der Waals surface area contributed by atoms with Gasteiger partial charge in [-0.3, -0.25) is 0 Å². The van der Waals surface area contributed by atoms with Crippen molar-refractivity contribution in [2.45, 2.75) is 99.4 Å². The first kappa shape index (κ1) is 29.0. The summed E-state index contributed by atoms with van der Waals surface area (Å²) in [6.45, 7) is 0.225. The summed E-state index contributed by atoms with van der Waals surface area (Å²) < 4.78 is 26.9. The molecule has 3 heterocycles. The fourth-order valence-corrected chi connectivity index (χ4v) is 4.45. The molecule has 35 heavy (non-hydrogen) atoms. The lowest BCUT2D eigenvalue weighted by molar-refractivity contribution is -0.338. The van der Waals surface area contributed by atoms with E-state index in [0.29, 0.717) is 6.42 Å². The van der Waals surface area contributed by atoms with Crippen LogP contribution < -0.4 is 0 Å². The zero-order valence-corrected chi connectivity index (χ0v) is 19.0. The highest BCUT2D eigenvalue weighted by Crippen LogP contribution is 2.30. The van der Waals surface area contributed by atoms with Gasteiger partial charge in [-0.15, -0.1) is 0 Å². The van der Waals surface area contributed by atoms with Gasteiger partial charge in [-0.2, -0.15) is 0 Å². The van der Waals surface area contributed by atoms with Crippen molar-refractivity contribution in [3.05, 3.63) is 0 Å². The van der Waals surface area contributed by atoms with E-state index in [1.54, 1.807) is 6.92 Å². The molecule has 0 aromatic heterocycles. The van der Waals surface area contributed by atoms with E-state index in [9.17, 15) is 51.1 Å². The molecule has 3 aliphatic heterocycles. The molecule has 0 bridgehead atoms.